The van der Waals surface area contributed by atoms with Gasteiger partial charge in [0.05, 0.1) is 11.8 Å². The molecule has 0 aliphatic carbocycles. The molecule has 6 nitrogen and oxygen atoms in total. The molecule has 0 aliphatic heterocycles. The van der Waals surface area contributed by atoms with E-state index < -0.39 is 56.5 Å². The Bertz CT molecular complexity index is 1030. The van der Waals surface area contributed by atoms with Crippen LogP contribution in [0.3, 0.4) is 0 Å². The first kappa shape index (κ1) is 22.9. The Labute approximate surface area is 161 Å². The highest BCUT2D eigenvalue weighted by Gasteiger charge is 2.49. The average molecular weight is 443 g/mol. The molecule has 0 aliphatic rings. The molecule has 1 atom stereocenters. The van der Waals surface area contributed by atoms with Gasteiger partial charge in [0, 0.05) is 19.7 Å². The molecule has 0 bridgehead atoms. The van der Waals surface area contributed by atoms with Crippen LogP contribution < -0.4 is 5.56 Å². The van der Waals surface area contributed by atoms with Crippen LogP contribution in [0.1, 0.15) is 24.1 Å². The lowest BCUT2D eigenvalue weighted by Gasteiger charge is -2.31. The fourth-order valence-corrected chi connectivity index (χ4v) is 4.15. The van der Waals surface area contributed by atoms with Gasteiger partial charge < -0.3 is 0 Å². The molecule has 0 amide bonds. The van der Waals surface area contributed by atoms with Crippen molar-refractivity contribution in [3.63, 3.8) is 0 Å². The second kappa shape index (κ2) is 7.78. The quantitative estimate of drug-likeness (QED) is 0.666. The molecule has 0 N–H and O–H groups in total. The molecule has 1 heterocycles. The van der Waals surface area contributed by atoms with E-state index in [1.807, 2.05) is 0 Å². The third-order valence-corrected chi connectivity index (χ3v) is 5.92. The molecule has 160 valence electrons. The van der Waals surface area contributed by atoms with Crippen molar-refractivity contribution >= 4 is 10.0 Å². The van der Waals surface area contributed by atoms with Gasteiger partial charge in [-0.2, -0.15) is 35.7 Å². The number of aryl methyl sites for hydroxylation is 1. The van der Waals surface area contributed by atoms with E-state index in [1.54, 1.807) is 0 Å². The van der Waals surface area contributed by atoms with Crippen molar-refractivity contribution in [2.75, 3.05) is 6.54 Å². The van der Waals surface area contributed by atoms with Crippen LogP contribution in [-0.2, 0) is 23.2 Å². The van der Waals surface area contributed by atoms with Gasteiger partial charge in [-0.15, -0.1) is 0 Å². The van der Waals surface area contributed by atoms with Crippen LogP contribution in [-0.4, -0.2) is 35.2 Å². The summed E-state index contributed by atoms with van der Waals surface area (Å²) in [6, 6.07) is -0.125. The van der Waals surface area contributed by atoms with Crippen LogP contribution in [0.4, 0.5) is 26.3 Å². The number of aromatic nitrogens is 2. The van der Waals surface area contributed by atoms with E-state index in [2.05, 4.69) is 5.10 Å². The Kier molecular flexibility index (Phi) is 6.14. The maximum atomic E-state index is 13.8. The molecule has 13 heteroatoms. The summed E-state index contributed by atoms with van der Waals surface area (Å²) in [6.07, 6.45) is -9.19. The Balaban J connectivity index is 2.60. The second-order valence-electron chi connectivity index (χ2n) is 5.93. The molecule has 29 heavy (non-hydrogen) atoms. The minimum absolute atomic E-state index is 0.0616. The van der Waals surface area contributed by atoms with Gasteiger partial charge >= 0.3 is 12.4 Å². The highest BCUT2D eigenvalue weighted by molar-refractivity contribution is 7.89. The van der Waals surface area contributed by atoms with Crippen molar-refractivity contribution in [1.82, 2.24) is 14.1 Å². The summed E-state index contributed by atoms with van der Waals surface area (Å²) in [4.78, 5) is 10.9. The zero-order chi connectivity index (χ0) is 22.2. The fourth-order valence-electron chi connectivity index (χ4n) is 2.59. The van der Waals surface area contributed by atoms with Crippen molar-refractivity contribution in [1.29, 1.82) is 0 Å². The van der Waals surface area contributed by atoms with Crippen LogP contribution in [0.2, 0.25) is 0 Å². The SMILES string of the molecule is CCN([C@H](c1ccc(C(F)(F)F)cc1)C(F)(F)F)S(=O)(=O)c1cnn(C)c(=O)c1. The summed E-state index contributed by atoms with van der Waals surface area (Å²) in [7, 11) is -3.62. The highest BCUT2D eigenvalue weighted by Crippen LogP contribution is 2.41. The first-order valence-electron chi connectivity index (χ1n) is 7.98. The van der Waals surface area contributed by atoms with Crippen LogP contribution in [0.25, 0.3) is 0 Å². The average Bonchev–Trinajstić information content (AvgIpc) is 2.59. The summed E-state index contributed by atoms with van der Waals surface area (Å²) in [5.74, 6) is 0. The summed E-state index contributed by atoms with van der Waals surface area (Å²) < 4.78 is 106. The van der Waals surface area contributed by atoms with Gasteiger partial charge in [-0.3, -0.25) is 4.79 Å². The molecular formula is C16H15F6N3O3S. The number of nitrogens with zero attached hydrogens (tertiary/aromatic N) is 3. The summed E-state index contributed by atoms with van der Waals surface area (Å²) in [5, 5.41) is 3.49. The van der Waals surface area contributed by atoms with Gasteiger partial charge in [-0.05, 0) is 17.7 Å². The fraction of sp³-hybridized carbons (Fsp3) is 0.375. The van der Waals surface area contributed by atoms with E-state index in [4.69, 9.17) is 0 Å². The van der Waals surface area contributed by atoms with Crippen molar-refractivity contribution in [3.8, 4) is 0 Å². The lowest BCUT2D eigenvalue weighted by Crippen LogP contribution is -2.42. The van der Waals surface area contributed by atoms with Crippen LogP contribution in [0, 0.1) is 0 Å². The Morgan fingerprint density at radius 2 is 1.66 bits per heavy atom. The zero-order valence-electron chi connectivity index (χ0n) is 15.0. The number of hydrogen-bond donors (Lipinski definition) is 0. The highest BCUT2D eigenvalue weighted by atomic mass is 32.2. The van der Waals surface area contributed by atoms with Gasteiger partial charge in [-0.25, -0.2) is 13.1 Å². The van der Waals surface area contributed by atoms with Gasteiger partial charge in [0.25, 0.3) is 5.56 Å². The van der Waals surface area contributed by atoms with E-state index >= 15 is 0 Å². The topological polar surface area (TPSA) is 72.3 Å². The summed E-state index contributed by atoms with van der Waals surface area (Å²) in [5.41, 5.74) is -2.74. The molecule has 0 spiro atoms. The van der Waals surface area contributed by atoms with Crippen molar-refractivity contribution < 1.29 is 34.8 Å². The number of hydrogen-bond acceptors (Lipinski definition) is 4. The lowest BCUT2D eigenvalue weighted by molar-refractivity contribution is -0.173. The van der Waals surface area contributed by atoms with Crippen LogP contribution in [0.5, 0.6) is 0 Å². The molecule has 0 radical (unpaired) electrons. The van der Waals surface area contributed by atoms with E-state index in [1.165, 1.54) is 7.05 Å². The predicted molar refractivity (Wildman–Crippen MR) is 89.3 cm³/mol. The minimum atomic E-state index is -5.14. The zero-order valence-corrected chi connectivity index (χ0v) is 15.8. The Hall–Kier alpha value is -2.41. The Morgan fingerprint density at radius 1 is 1.10 bits per heavy atom. The second-order valence-corrected chi connectivity index (χ2v) is 7.82. The number of benzene rings is 1. The van der Waals surface area contributed by atoms with E-state index in [9.17, 15) is 39.6 Å². The van der Waals surface area contributed by atoms with Crippen LogP contribution >= 0.6 is 0 Å². The summed E-state index contributed by atoms with van der Waals surface area (Å²) in [6.45, 7) is 0.470. The van der Waals surface area contributed by atoms with Gasteiger partial charge in [-0.1, -0.05) is 19.1 Å². The van der Waals surface area contributed by atoms with E-state index in [-0.39, 0.29) is 4.31 Å². The van der Waals surface area contributed by atoms with Gasteiger partial charge in [0.1, 0.15) is 10.9 Å². The number of halogens is 6. The largest absolute Gasteiger partial charge is 0.416 e. The maximum absolute atomic E-state index is 13.8. The van der Waals surface area contributed by atoms with Gasteiger partial charge in [0.2, 0.25) is 10.0 Å². The van der Waals surface area contributed by atoms with Crippen molar-refractivity contribution in [3.05, 3.63) is 58.0 Å². The molecule has 2 rings (SSSR count). The third kappa shape index (κ3) is 4.78. The van der Waals surface area contributed by atoms with E-state index in [0.717, 1.165) is 17.8 Å². The molecular weight excluding hydrogens is 428 g/mol. The first-order valence-corrected chi connectivity index (χ1v) is 9.42. The lowest BCUT2D eigenvalue weighted by atomic mass is 10.0. The Morgan fingerprint density at radius 3 is 2.07 bits per heavy atom. The molecule has 0 saturated heterocycles. The smallest absolute Gasteiger partial charge is 0.268 e. The molecule has 1 aromatic carbocycles. The number of rotatable bonds is 5. The van der Waals surface area contributed by atoms with Crippen molar-refractivity contribution in [2.45, 2.75) is 30.2 Å². The molecule has 0 unspecified atom stereocenters. The normalized spacial score (nSPS) is 14.2. The monoisotopic (exact) mass is 443 g/mol. The number of sulfonamides is 1. The number of alkyl halides is 6. The molecule has 0 saturated carbocycles. The maximum Gasteiger partial charge on any atom is 0.416 e. The summed E-state index contributed by atoms with van der Waals surface area (Å²) >= 11 is 0. The molecule has 2 aromatic rings. The van der Waals surface area contributed by atoms with Gasteiger partial charge in [0.15, 0.2) is 0 Å². The van der Waals surface area contributed by atoms with Crippen LogP contribution in [0.15, 0.2) is 46.2 Å². The standard InChI is InChI=1S/C16H15F6N3O3S/c1-3-25(29(27,28)12-8-13(26)24(2)23-9-12)14(16(20,21)22)10-4-6-11(7-5-10)15(17,18)19/h4-9,14H,3H2,1-2H3/t14-/m1/s1. The predicted octanol–water partition coefficient (Wildman–Crippen LogP) is 3.11. The minimum Gasteiger partial charge on any atom is -0.268 e. The first-order chi connectivity index (χ1) is 13.2. The molecule has 1 aromatic heterocycles. The third-order valence-electron chi connectivity index (χ3n) is 4.01. The van der Waals surface area contributed by atoms with E-state index in [0.29, 0.717) is 30.3 Å². The van der Waals surface area contributed by atoms with Crippen molar-refractivity contribution in [2.24, 2.45) is 7.05 Å². The molecule has 0 fully saturated rings.